The molecule has 1 rings (SSSR count). The third-order valence-electron chi connectivity index (χ3n) is 3.80. The smallest absolute Gasteiger partial charge is 0.408 e. The number of alkyl carbamates (subject to hydrolysis) is 1. The molecule has 0 aromatic heterocycles. The van der Waals surface area contributed by atoms with Crippen molar-refractivity contribution in [2.75, 3.05) is 7.11 Å². The summed E-state index contributed by atoms with van der Waals surface area (Å²) in [7, 11) is 1.20. The first-order valence-corrected chi connectivity index (χ1v) is 9.59. The van der Waals surface area contributed by atoms with Gasteiger partial charge in [0.1, 0.15) is 24.3 Å². The van der Waals surface area contributed by atoms with E-state index in [1.54, 1.807) is 20.8 Å². The molecule has 166 valence electrons. The Morgan fingerprint density at radius 1 is 1.03 bits per heavy atom. The number of hydrogen-bond donors (Lipinski definition) is 2. The van der Waals surface area contributed by atoms with Gasteiger partial charge in [0.25, 0.3) is 0 Å². The Labute approximate surface area is 176 Å². The van der Waals surface area contributed by atoms with Gasteiger partial charge in [0.15, 0.2) is 0 Å². The number of methoxy groups -OCH3 is 1. The van der Waals surface area contributed by atoms with Crippen LogP contribution in [-0.4, -0.2) is 48.7 Å². The molecule has 2 amide bonds. The minimum Gasteiger partial charge on any atom is -0.467 e. The van der Waals surface area contributed by atoms with Gasteiger partial charge in [-0.15, -0.1) is 0 Å². The number of rotatable bonds is 9. The molecule has 1 aromatic carbocycles. The minimum atomic E-state index is -1.10. The summed E-state index contributed by atoms with van der Waals surface area (Å²) in [6.07, 6.45) is -0.967. The summed E-state index contributed by atoms with van der Waals surface area (Å²) in [4.78, 5) is 48.2. The number of benzene rings is 1. The maximum atomic E-state index is 12.5. The Hall–Kier alpha value is -3.10. The Bertz CT molecular complexity index is 729. The van der Waals surface area contributed by atoms with Crippen molar-refractivity contribution >= 4 is 23.9 Å². The molecule has 0 aliphatic heterocycles. The van der Waals surface area contributed by atoms with Crippen LogP contribution in [0.1, 0.15) is 46.1 Å². The Kier molecular flexibility index (Phi) is 9.80. The third-order valence-corrected chi connectivity index (χ3v) is 3.80. The van der Waals surface area contributed by atoms with E-state index in [4.69, 9.17) is 9.47 Å². The minimum absolute atomic E-state index is 0.0351. The number of hydrogen-bond acceptors (Lipinski definition) is 7. The summed E-state index contributed by atoms with van der Waals surface area (Å²) in [5.41, 5.74) is 0.0675. The number of amides is 2. The van der Waals surface area contributed by atoms with Crippen LogP contribution in [0.4, 0.5) is 4.79 Å². The lowest BCUT2D eigenvalue weighted by Crippen LogP contribution is -2.51. The number of esters is 2. The van der Waals surface area contributed by atoms with Crippen molar-refractivity contribution in [2.24, 2.45) is 0 Å². The summed E-state index contributed by atoms with van der Waals surface area (Å²) < 4.78 is 14.9. The second kappa shape index (κ2) is 11.8. The molecule has 0 aliphatic carbocycles. The largest absolute Gasteiger partial charge is 0.467 e. The molecule has 9 heteroatoms. The molecule has 9 nitrogen and oxygen atoms in total. The molecule has 0 bridgehead atoms. The zero-order chi connectivity index (χ0) is 22.7. The fourth-order valence-corrected chi connectivity index (χ4v) is 2.34. The van der Waals surface area contributed by atoms with Crippen LogP contribution >= 0.6 is 0 Å². The SMILES string of the molecule is COC(=O)[C@H](C)NC(=O)[C@@H](CCC(=O)OCc1ccccc1)NC(=O)OC(C)(C)C. The molecule has 0 heterocycles. The maximum absolute atomic E-state index is 12.5. The number of carbonyl (C=O) groups is 4. The predicted molar refractivity (Wildman–Crippen MR) is 108 cm³/mol. The van der Waals surface area contributed by atoms with Crippen molar-refractivity contribution in [3.05, 3.63) is 35.9 Å². The van der Waals surface area contributed by atoms with Crippen LogP contribution in [0.15, 0.2) is 30.3 Å². The number of carbonyl (C=O) groups excluding carboxylic acids is 4. The number of nitrogens with one attached hydrogen (secondary N) is 2. The molecule has 2 atom stereocenters. The fraction of sp³-hybridized carbons (Fsp3) is 0.524. The van der Waals surface area contributed by atoms with Gasteiger partial charge in [-0.25, -0.2) is 9.59 Å². The Morgan fingerprint density at radius 3 is 2.23 bits per heavy atom. The van der Waals surface area contributed by atoms with Gasteiger partial charge in [0.05, 0.1) is 7.11 Å². The third kappa shape index (κ3) is 9.90. The van der Waals surface area contributed by atoms with E-state index in [0.29, 0.717) is 0 Å². The van der Waals surface area contributed by atoms with Gasteiger partial charge in [-0.2, -0.15) is 0 Å². The summed E-state index contributed by atoms with van der Waals surface area (Å²) >= 11 is 0. The molecule has 0 fully saturated rings. The Balaban J connectivity index is 2.68. The normalized spacial score (nSPS) is 12.8. The average Bonchev–Trinajstić information content (AvgIpc) is 2.68. The van der Waals surface area contributed by atoms with Gasteiger partial charge < -0.3 is 24.8 Å². The first kappa shape index (κ1) is 24.9. The summed E-state index contributed by atoms with van der Waals surface area (Å²) in [6.45, 7) is 6.60. The van der Waals surface area contributed by atoms with Crippen LogP contribution < -0.4 is 10.6 Å². The van der Waals surface area contributed by atoms with E-state index >= 15 is 0 Å². The van der Waals surface area contributed by atoms with E-state index in [1.165, 1.54) is 14.0 Å². The second-order valence-corrected chi connectivity index (χ2v) is 7.64. The van der Waals surface area contributed by atoms with E-state index in [-0.39, 0.29) is 19.4 Å². The van der Waals surface area contributed by atoms with Gasteiger partial charge in [-0.1, -0.05) is 30.3 Å². The van der Waals surface area contributed by atoms with Gasteiger partial charge in [0, 0.05) is 6.42 Å². The lowest BCUT2D eigenvalue weighted by Gasteiger charge is -2.24. The molecule has 0 radical (unpaired) electrons. The van der Waals surface area contributed by atoms with E-state index in [0.717, 1.165) is 5.56 Å². The molecule has 0 saturated carbocycles. The highest BCUT2D eigenvalue weighted by Crippen LogP contribution is 2.09. The van der Waals surface area contributed by atoms with E-state index < -0.39 is 41.6 Å². The van der Waals surface area contributed by atoms with E-state index in [1.807, 2.05) is 30.3 Å². The van der Waals surface area contributed by atoms with Crippen LogP contribution in [-0.2, 0) is 35.2 Å². The lowest BCUT2D eigenvalue weighted by atomic mass is 10.1. The first-order valence-electron chi connectivity index (χ1n) is 9.59. The lowest BCUT2D eigenvalue weighted by molar-refractivity contribution is -0.146. The van der Waals surface area contributed by atoms with Crippen LogP contribution in [0.3, 0.4) is 0 Å². The highest BCUT2D eigenvalue weighted by molar-refractivity contribution is 5.89. The summed E-state index contributed by atoms with van der Waals surface area (Å²) in [5, 5.41) is 4.88. The van der Waals surface area contributed by atoms with Gasteiger partial charge >= 0.3 is 18.0 Å². The van der Waals surface area contributed by atoms with Gasteiger partial charge in [-0.05, 0) is 39.7 Å². The highest BCUT2D eigenvalue weighted by Gasteiger charge is 2.27. The predicted octanol–water partition coefficient (Wildman–Crippen LogP) is 2.08. The first-order chi connectivity index (χ1) is 14.0. The zero-order valence-electron chi connectivity index (χ0n) is 18.0. The van der Waals surface area contributed by atoms with Gasteiger partial charge in [0.2, 0.25) is 5.91 Å². The van der Waals surface area contributed by atoms with E-state index in [9.17, 15) is 19.2 Å². The number of ether oxygens (including phenoxy) is 3. The highest BCUT2D eigenvalue weighted by atomic mass is 16.6. The topological polar surface area (TPSA) is 120 Å². The molecule has 0 spiro atoms. The van der Waals surface area contributed by atoms with Crippen molar-refractivity contribution in [3.63, 3.8) is 0 Å². The molecule has 2 N–H and O–H groups in total. The van der Waals surface area contributed by atoms with Crippen molar-refractivity contribution < 1.29 is 33.4 Å². The zero-order valence-corrected chi connectivity index (χ0v) is 18.0. The molecule has 0 aliphatic rings. The molecule has 30 heavy (non-hydrogen) atoms. The van der Waals surface area contributed by atoms with E-state index in [2.05, 4.69) is 15.4 Å². The summed E-state index contributed by atoms with van der Waals surface area (Å²) in [5.74, 6) is -1.81. The molecule has 1 aromatic rings. The van der Waals surface area contributed by atoms with Crippen molar-refractivity contribution in [1.82, 2.24) is 10.6 Å². The van der Waals surface area contributed by atoms with Crippen LogP contribution in [0.5, 0.6) is 0 Å². The van der Waals surface area contributed by atoms with Crippen LogP contribution in [0.25, 0.3) is 0 Å². The van der Waals surface area contributed by atoms with Crippen molar-refractivity contribution in [2.45, 2.75) is 64.8 Å². The molecule has 0 saturated heterocycles. The van der Waals surface area contributed by atoms with Gasteiger partial charge in [-0.3, -0.25) is 9.59 Å². The standard InChI is InChI=1S/C21H30N2O7/c1-14(19(26)28-5)22-18(25)16(23-20(27)30-21(2,3)4)11-12-17(24)29-13-15-9-7-6-8-10-15/h6-10,14,16H,11-13H2,1-5H3,(H,22,25)(H,23,27)/t14-,16+/m0/s1. The van der Waals surface area contributed by atoms with Crippen molar-refractivity contribution in [1.29, 1.82) is 0 Å². The second-order valence-electron chi connectivity index (χ2n) is 7.64. The molecular weight excluding hydrogens is 392 g/mol. The monoisotopic (exact) mass is 422 g/mol. The molecule has 0 unspecified atom stereocenters. The quantitative estimate of drug-likeness (QED) is 0.462. The fourth-order valence-electron chi connectivity index (χ4n) is 2.34. The summed E-state index contributed by atoms with van der Waals surface area (Å²) in [6, 6.07) is 7.13. The molecular formula is C21H30N2O7. The van der Waals surface area contributed by atoms with Crippen LogP contribution in [0, 0.1) is 0 Å². The maximum Gasteiger partial charge on any atom is 0.408 e. The Morgan fingerprint density at radius 2 is 1.67 bits per heavy atom. The average molecular weight is 422 g/mol. The van der Waals surface area contributed by atoms with Crippen LogP contribution in [0.2, 0.25) is 0 Å². The van der Waals surface area contributed by atoms with Crippen molar-refractivity contribution in [3.8, 4) is 0 Å².